The van der Waals surface area contributed by atoms with E-state index in [-0.39, 0.29) is 0 Å². The van der Waals surface area contributed by atoms with E-state index in [0.717, 1.165) is 44.9 Å². The van der Waals surface area contributed by atoms with Crippen LogP contribution in [0.15, 0.2) is 231 Å². The molecule has 0 unspecified atom stereocenters. The van der Waals surface area contributed by atoms with Gasteiger partial charge in [0.25, 0.3) is 0 Å². The molecule has 2 heteroatoms. The molecule has 0 aliphatic carbocycles. The van der Waals surface area contributed by atoms with Gasteiger partial charge < -0.3 is 9.47 Å². The largest absolute Gasteiger partial charge is 0.456 e. The van der Waals surface area contributed by atoms with Crippen LogP contribution in [0.5, 0.6) is 23.0 Å². The van der Waals surface area contributed by atoms with Gasteiger partial charge in [0.1, 0.15) is 23.0 Å². The van der Waals surface area contributed by atoms with Crippen molar-refractivity contribution in [2.45, 2.75) is 0 Å². The second-order valence-corrected chi connectivity index (χ2v) is 19.0. The third-order valence-electron chi connectivity index (χ3n) is 15.4. The molecule has 14 aromatic rings. The lowest BCUT2D eigenvalue weighted by molar-refractivity contribution is 0.487. The molecule has 16 rings (SSSR count). The zero-order valence-electron chi connectivity index (χ0n) is 37.8. The summed E-state index contributed by atoms with van der Waals surface area (Å²) in [6.07, 6.45) is 0. The first-order valence-corrected chi connectivity index (χ1v) is 24.1. The summed E-state index contributed by atoms with van der Waals surface area (Å²) in [6, 6.07) is 85.0. The summed E-state index contributed by atoms with van der Waals surface area (Å²) in [6.45, 7) is 0. The van der Waals surface area contributed by atoms with Crippen molar-refractivity contribution >= 4 is 75.4 Å². The van der Waals surface area contributed by atoms with E-state index in [1.807, 2.05) is 12.1 Å². The highest BCUT2D eigenvalue weighted by Crippen LogP contribution is 2.54. The van der Waals surface area contributed by atoms with Crippen molar-refractivity contribution in [2.24, 2.45) is 0 Å². The van der Waals surface area contributed by atoms with Crippen LogP contribution in [0, 0.1) is 0 Å². The van der Waals surface area contributed by atoms with Gasteiger partial charge in [-0.25, -0.2) is 0 Å². The van der Waals surface area contributed by atoms with Gasteiger partial charge >= 0.3 is 0 Å². The maximum Gasteiger partial charge on any atom is 0.135 e. The molecule has 0 N–H and O–H groups in total. The predicted octanol–water partition coefficient (Wildman–Crippen LogP) is 19.4. The fourth-order valence-corrected chi connectivity index (χ4v) is 12.3. The molecule has 0 radical (unpaired) electrons. The Kier molecular flexibility index (Phi) is 7.64. The lowest BCUT2D eigenvalue weighted by atomic mass is 9.80. The van der Waals surface area contributed by atoms with E-state index in [9.17, 15) is 0 Å². The Morgan fingerprint density at radius 3 is 1.03 bits per heavy atom. The fraction of sp³-hybridized carbons (Fsp3) is 0. The van der Waals surface area contributed by atoms with Crippen LogP contribution >= 0.6 is 0 Å². The van der Waals surface area contributed by atoms with E-state index < -0.39 is 0 Å². The molecule has 0 fully saturated rings. The van der Waals surface area contributed by atoms with Crippen LogP contribution in [0.1, 0.15) is 0 Å². The van der Waals surface area contributed by atoms with Gasteiger partial charge in [0.15, 0.2) is 0 Å². The third-order valence-corrected chi connectivity index (χ3v) is 15.4. The first-order chi connectivity index (χ1) is 34.7. The molecular weight excluding hydrogens is 849 g/mol. The van der Waals surface area contributed by atoms with Gasteiger partial charge in [-0.2, -0.15) is 0 Å². The van der Waals surface area contributed by atoms with Crippen LogP contribution in [0.25, 0.3) is 142 Å². The van der Waals surface area contributed by atoms with Gasteiger partial charge in [-0.05, 0) is 169 Å². The maximum absolute atomic E-state index is 6.66. The summed E-state index contributed by atoms with van der Waals surface area (Å²) in [4.78, 5) is 0. The number of fused-ring (bicyclic) bond motifs is 6. The van der Waals surface area contributed by atoms with Crippen molar-refractivity contribution in [2.75, 3.05) is 0 Å². The Hall–Kier alpha value is -9.24. The molecule has 2 aliphatic rings. The summed E-state index contributed by atoms with van der Waals surface area (Å²) < 4.78 is 13.3. The average molecular weight is 887 g/mol. The molecule has 14 aromatic carbocycles. The van der Waals surface area contributed by atoms with Crippen molar-refractivity contribution in [3.8, 4) is 89.8 Å². The molecule has 0 aromatic heterocycles. The molecule has 0 spiro atoms. The molecular formula is C68H38O2. The SMILES string of the molecule is c1ccc2c(c1)Oc1cccc3c(-c4cc(-c5ccc6ccccc6c5)c5ccc6c(-c7ccc8c9c(cccc79)Oc7ccccc7-8)cc(-c7ccc8ccccc8c7)c7ccc4c5c76)ccc-2c13. The molecule has 0 bridgehead atoms. The monoisotopic (exact) mass is 886 g/mol. The van der Waals surface area contributed by atoms with E-state index in [1.165, 1.54) is 120 Å². The zero-order valence-corrected chi connectivity index (χ0v) is 37.8. The molecule has 2 aliphatic heterocycles. The number of rotatable bonds is 4. The molecule has 2 nitrogen and oxygen atoms in total. The highest BCUT2D eigenvalue weighted by atomic mass is 16.5. The first kappa shape index (κ1) is 37.8. The smallest absolute Gasteiger partial charge is 0.135 e. The van der Waals surface area contributed by atoms with E-state index in [2.05, 4.69) is 218 Å². The predicted molar refractivity (Wildman–Crippen MR) is 293 cm³/mol. The van der Waals surface area contributed by atoms with Crippen LogP contribution < -0.4 is 9.47 Å². The van der Waals surface area contributed by atoms with Crippen molar-refractivity contribution in [3.05, 3.63) is 231 Å². The van der Waals surface area contributed by atoms with Crippen LogP contribution in [0.3, 0.4) is 0 Å². The first-order valence-electron chi connectivity index (χ1n) is 24.1. The van der Waals surface area contributed by atoms with Gasteiger partial charge in [0.05, 0.1) is 0 Å². The Balaban J connectivity index is 1.05. The van der Waals surface area contributed by atoms with Gasteiger partial charge in [0.2, 0.25) is 0 Å². The van der Waals surface area contributed by atoms with Crippen molar-refractivity contribution < 1.29 is 9.47 Å². The highest BCUT2D eigenvalue weighted by Gasteiger charge is 2.27. The Bertz CT molecular complexity index is 4300. The lowest BCUT2D eigenvalue weighted by Crippen LogP contribution is -1.99. The summed E-state index contributed by atoms with van der Waals surface area (Å²) in [5.41, 5.74) is 14.2. The lowest BCUT2D eigenvalue weighted by Gasteiger charge is -2.25. The molecule has 0 atom stereocenters. The number of para-hydroxylation sites is 2. The minimum Gasteiger partial charge on any atom is -0.456 e. The quantitative estimate of drug-likeness (QED) is 0.164. The zero-order chi connectivity index (χ0) is 45.6. The summed E-state index contributed by atoms with van der Waals surface area (Å²) in [5, 5.41) is 17.0. The minimum atomic E-state index is 0.889. The molecule has 0 saturated carbocycles. The van der Waals surface area contributed by atoms with Gasteiger partial charge in [-0.15, -0.1) is 0 Å². The topological polar surface area (TPSA) is 18.5 Å². The summed E-state index contributed by atoms with van der Waals surface area (Å²) in [5.74, 6) is 3.56. The molecule has 2 heterocycles. The van der Waals surface area contributed by atoms with E-state index in [4.69, 9.17) is 9.47 Å². The number of hydrogen-bond acceptors (Lipinski definition) is 2. The van der Waals surface area contributed by atoms with E-state index in [0.29, 0.717) is 0 Å². The van der Waals surface area contributed by atoms with Crippen molar-refractivity contribution in [3.63, 3.8) is 0 Å². The Morgan fingerprint density at radius 2 is 0.557 bits per heavy atom. The van der Waals surface area contributed by atoms with Crippen LogP contribution in [-0.4, -0.2) is 0 Å². The van der Waals surface area contributed by atoms with E-state index >= 15 is 0 Å². The average Bonchev–Trinajstić information content (AvgIpc) is 3.42. The molecule has 0 saturated heterocycles. The molecule has 0 amide bonds. The fourth-order valence-electron chi connectivity index (χ4n) is 12.3. The number of hydrogen-bond donors (Lipinski definition) is 0. The second kappa shape index (κ2) is 14.1. The molecule has 70 heavy (non-hydrogen) atoms. The number of ether oxygens (including phenoxy) is 2. The Labute approximate surface area is 403 Å². The minimum absolute atomic E-state index is 0.889. The summed E-state index contributed by atoms with van der Waals surface area (Å²) >= 11 is 0. The van der Waals surface area contributed by atoms with E-state index in [1.54, 1.807) is 0 Å². The van der Waals surface area contributed by atoms with Crippen molar-refractivity contribution in [1.82, 2.24) is 0 Å². The van der Waals surface area contributed by atoms with Gasteiger partial charge in [0, 0.05) is 21.9 Å². The second-order valence-electron chi connectivity index (χ2n) is 19.0. The van der Waals surface area contributed by atoms with Gasteiger partial charge in [-0.3, -0.25) is 0 Å². The maximum atomic E-state index is 6.66. The Morgan fingerprint density at radius 1 is 0.186 bits per heavy atom. The van der Waals surface area contributed by atoms with Crippen LogP contribution in [0.4, 0.5) is 0 Å². The highest BCUT2D eigenvalue weighted by molar-refractivity contribution is 6.33. The normalized spacial score (nSPS) is 12.5. The number of benzene rings is 14. The third kappa shape index (κ3) is 5.28. The van der Waals surface area contributed by atoms with Crippen LogP contribution in [-0.2, 0) is 0 Å². The standard InChI is InChI=1S/C68H38O2/c1-3-13-41-35-43(25-23-39(41)11-1)57-37-59(45-27-29-51-47-15-5-7-19-61(47)69-63-21-9-17-49(45)65(51)63)55-34-32-54-58(44-26-24-40-12-2-4-14-42(40)36-44)38-60(56-33-31-53(57)67(55)68(54)56)46-28-30-52-48-16-6-8-20-62(48)70-64-22-10-18-50(46)66(52)64/h1-38H. The molecule has 322 valence electrons. The van der Waals surface area contributed by atoms with Crippen molar-refractivity contribution in [1.29, 1.82) is 0 Å². The van der Waals surface area contributed by atoms with Crippen LogP contribution in [0.2, 0.25) is 0 Å². The van der Waals surface area contributed by atoms with Gasteiger partial charge in [-0.1, -0.05) is 182 Å². The summed E-state index contributed by atoms with van der Waals surface area (Å²) in [7, 11) is 0.